The minimum Gasteiger partial charge on any atom is -0.478 e. The molecule has 1 saturated heterocycles. The molecular formula is C16H9F3N2O4S. The second kappa shape index (κ2) is 6.30. The number of carbonyl (C=O) groups is 3. The molecule has 2 heterocycles. The van der Waals surface area contributed by atoms with Gasteiger partial charge in [0.25, 0.3) is 11.8 Å². The molecule has 1 aromatic heterocycles. The van der Waals surface area contributed by atoms with Crippen LogP contribution in [0, 0.1) is 0 Å². The van der Waals surface area contributed by atoms with Crippen molar-refractivity contribution < 1.29 is 32.7 Å². The van der Waals surface area contributed by atoms with Crippen LogP contribution in [-0.4, -0.2) is 22.9 Å². The highest BCUT2D eigenvalue weighted by Crippen LogP contribution is 2.32. The van der Waals surface area contributed by atoms with Gasteiger partial charge in [-0.15, -0.1) is 11.3 Å². The standard InChI is InChI=1S/C16H9F3N2O4S/c17-16(18,19)8-2-1-3-9(6-8)21-14(23)11(13(22)20-21)7-12-10(15(24)25)4-5-26-12/h1-7H,(H,20,22)(H,24,25)/b11-7-. The zero-order valence-corrected chi connectivity index (χ0v) is 13.5. The Morgan fingerprint density at radius 2 is 1.96 bits per heavy atom. The van der Waals surface area contributed by atoms with Crippen LogP contribution in [0.5, 0.6) is 0 Å². The summed E-state index contributed by atoms with van der Waals surface area (Å²) in [6.07, 6.45) is -3.49. The van der Waals surface area contributed by atoms with Gasteiger partial charge < -0.3 is 5.11 Å². The van der Waals surface area contributed by atoms with Crippen LogP contribution in [0.25, 0.3) is 6.08 Å². The molecule has 3 rings (SSSR count). The number of hydrogen-bond acceptors (Lipinski definition) is 4. The smallest absolute Gasteiger partial charge is 0.416 e. The molecule has 0 aliphatic carbocycles. The molecule has 0 saturated carbocycles. The summed E-state index contributed by atoms with van der Waals surface area (Å²) in [6.45, 7) is 0. The van der Waals surface area contributed by atoms with Crippen molar-refractivity contribution in [2.45, 2.75) is 6.18 Å². The summed E-state index contributed by atoms with van der Waals surface area (Å²) < 4.78 is 38.5. The Labute approximate surface area is 148 Å². The first-order valence-electron chi connectivity index (χ1n) is 7.03. The van der Waals surface area contributed by atoms with E-state index in [0.717, 1.165) is 35.6 Å². The van der Waals surface area contributed by atoms with Gasteiger partial charge in [-0.3, -0.25) is 15.0 Å². The number of halogens is 3. The second-order valence-electron chi connectivity index (χ2n) is 5.19. The zero-order chi connectivity index (χ0) is 19.1. The van der Waals surface area contributed by atoms with Crippen LogP contribution < -0.4 is 10.4 Å². The number of thiophene rings is 1. The van der Waals surface area contributed by atoms with Crippen molar-refractivity contribution in [2.75, 3.05) is 5.01 Å². The van der Waals surface area contributed by atoms with Gasteiger partial charge in [0, 0.05) is 4.88 Å². The molecule has 1 aliphatic heterocycles. The number of rotatable bonds is 3. The van der Waals surface area contributed by atoms with Crippen LogP contribution in [0.15, 0.2) is 41.3 Å². The molecule has 2 aromatic rings. The molecule has 1 aromatic carbocycles. The van der Waals surface area contributed by atoms with Gasteiger partial charge >= 0.3 is 12.1 Å². The van der Waals surface area contributed by atoms with Crippen LogP contribution >= 0.6 is 11.3 Å². The minimum atomic E-state index is -4.60. The number of aromatic carboxylic acids is 1. The first kappa shape index (κ1) is 17.7. The lowest BCUT2D eigenvalue weighted by molar-refractivity contribution is -0.137. The van der Waals surface area contributed by atoms with Crippen molar-refractivity contribution in [1.82, 2.24) is 5.43 Å². The van der Waals surface area contributed by atoms with Crippen LogP contribution in [0.4, 0.5) is 18.9 Å². The van der Waals surface area contributed by atoms with Crippen molar-refractivity contribution in [3.05, 3.63) is 57.3 Å². The number of nitrogens with one attached hydrogen (secondary N) is 1. The second-order valence-corrected chi connectivity index (χ2v) is 6.14. The van der Waals surface area contributed by atoms with E-state index in [4.69, 9.17) is 5.11 Å². The van der Waals surface area contributed by atoms with E-state index in [9.17, 15) is 27.6 Å². The fourth-order valence-electron chi connectivity index (χ4n) is 2.30. The lowest BCUT2D eigenvalue weighted by atomic mass is 10.1. The third-order valence-electron chi connectivity index (χ3n) is 3.52. The number of carboxylic acids is 1. The maximum absolute atomic E-state index is 12.8. The van der Waals surface area contributed by atoms with Gasteiger partial charge in [-0.2, -0.15) is 13.2 Å². The number of hydrogen-bond donors (Lipinski definition) is 2. The topological polar surface area (TPSA) is 86.7 Å². The van der Waals surface area contributed by atoms with Crippen LogP contribution in [-0.2, 0) is 15.8 Å². The number of carbonyl (C=O) groups excluding carboxylic acids is 2. The average Bonchev–Trinajstić information content (AvgIpc) is 3.14. The van der Waals surface area contributed by atoms with Crippen LogP contribution in [0.2, 0.25) is 0 Å². The zero-order valence-electron chi connectivity index (χ0n) is 12.7. The predicted molar refractivity (Wildman–Crippen MR) is 86.3 cm³/mol. The summed E-state index contributed by atoms with van der Waals surface area (Å²) in [5, 5.41) is 11.2. The van der Waals surface area contributed by atoms with Gasteiger partial charge in [0.1, 0.15) is 5.57 Å². The Morgan fingerprint density at radius 3 is 2.62 bits per heavy atom. The molecule has 6 nitrogen and oxygen atoms in total. The van der Waals surface area contributed by atoms with E-state index < -0.39 is 29.5 Å². The average molecular weight is 382 g/mol. The molecule has 134 valence electrons. The van der Waals surface area contributed by atoms with E-state index >= 15 is 0 Å². The largest absolute Gasteiger partial charge is 0.478 e. The minimum absolute atomic E-state index is 0.0828. The fraction of sp³-hybridized carbons (Fsp3) is 0.0625. The third-order valence-corrected chi connectivity index (χ3v) is 4.39. The molecule has 26 heavy (non-hydrogen) atoms. The van der Waals surface area contributed by atoms with E-state index in [1.807, 2.05) is 0 Å². The number of carboxylic acid groups (broad SMARTS) is 1. The molecule has 0 spiro atoms. The summed E-state index contributed by atoms with van der Waals surface area (Å²) in [5.41, 5.74) is 0.593. The lowest BCUT2D eigenvalue weighted by Crippen LogP contribution is -2.35. The molecule has 1 aliphatic rings. The van der Waals surface area contributed by atoms with Crippen molar-refractivity contribution in [3.63, 3.8) is 0 Å². The van der Waals surface area contributed by atoms with Gasteiger partial charge in [-0.05, 0) is 35.7 Å². The van der Waals surface area contributed by atoms with Gasteiger partial charge in [0.2, 0.25) is 0 Å². The fourth-order valence-corrected chi connectivity index (χ4v) is 3.12. The maximum atomic E-state index is 12.8. The van der Waals surface area contributed by atoms with Gasteiger partial charge in [0.05, 0.1) is 16.8 Å². The number of alkyl halides is 3. The lowest BCUT2D eigenvalue weighted by Gasteiger charge is -2.16. The molecule has 2 amide bonds. The predicted octanol–water partition coefficient (Wildman–Crippen LogP) is 2.93. The first-order valence-corrected chi connectivity index (χ1v) is 7.91. The Balaban J connectivity index is 1.96. The first-order chi connectivity index (χ1) is 12.2. The Bertz CT molecular complexity index is 949. The molecule has 1 fully saturated rings. The molecule has 0 radical (unpaired) electrons. The van der Waals surface area contributed by atoms with Crippen molar-refractivity contribution in [3.8, 4) is 0 Å². The summed E-state index contributed by atoms with van der Waals surface area (Å²) in [5.74, 6) is -2.94. The Morgan fingerprint density at radius 1 is 1.23 bits per heavy atom. The van der Waals surface area contributed by atoms with Crippen molar-refractivity contribution >= 4 is 40.9 Å². The van der Waals surface area contributed by atoms with E-state index in [1.165, 1.54) is 17.5 Å². The number of anilines is 1. The van der Waals surface area contributed by atoms with Gasteiger partial charge in [-0.25, -0.2) is 9.80 Å². The van der Waals surface area contributed by atoms with E-state index in [-0.39, 0.29) is 21.7 Å². The van der Waals surface area contributed by atoms with E-state index in [2.05, 4.69) is 5.43 Å². The molecule has 0 bridgehead atoms. The SMILES string of the molecule is O=C1NN(c2cccc(C(F)(F)F)c2)C(=O)/C1=C\c1sccc1C(=O)O. The summed E-state index contributed by atoms with van der Waals surface area (Å²) in [7, 11) is 0. The van der Waals surface area contributed by atoms with Crippen molar-refractivity contribution in [2.24, 2.45) is 0 Å². The number of amides is 2. The van der Waals surface area contributed by atoms with E-state index in [0.29, 0.717) is 5.01 Å². The van der Waals surface area contributed by atoms with E-state index in [1.54, 1.807) is 0 Å². The summed E-state index contributed by atoms with van der Waals surface area (Å²) >= 11 is 1.01. The normalized spacial score (nSPS) is 16.3. The van der Waals surface area contributed by atoms with Gasteiger partial charge in [-0.1, -0.05) is 6.07 Å². The van der Waals surface area contributed by atoms with Crippen molar-refractivity contribution in [1.29, 1.82) is 0 Å². The quantitative estimate of drug-likeness (QED) is 0.631. The third kappa shape index (κ3) is 3.18. The Hall–Kier alpha value is -3.14. The summed E-state index contributed by atoms with van der Waals surface area (Å²) in [4.78, 5) is 35.8. The maximum Gasteiger partial charge on any atom is 0.416 e. The Kier molecular flexibility index (Phi) is 4.28. The highest BCUT2D eigenvalue weighted by atomic mass is 32.1. The molecular weight excluding hydrogens is 373 g/mol. The highest BCUT2D eigenvalue weighted by Gasteiger charge is 2.37. The number of benzene rings is 1. The molecule has 10 heteroatoms. The summed E-state index contributed by atoms with van der Waals surface area (Å²) in [6, 6.07) is 5.24. The van der Waals surface area contributed by atoms with Crippen LogP contribution in [0.3, 0.4) is 0 Å². The van der Waals surface area contributed by atoms with Gasteiger partial charge in [0.15, 0.2) is 0 Å². The monoisotopic (exact) mass is 382 g/mol. The van der Waals surface area contributed by atoms with Crippen LogP contribution in [0.1, 0.15) is 20.8 Å². The number of hydrazine groups is 1. The molecule has 0 atom stereocenters. The highest BCUT2D eigenvalue weighted by molar-refractivity contribution is 7.11. The molecule has 0 unspecified atom stereocenters. The number of nitrogens with zero attached hydrogens (tertiary/aromatic N) is 1. The molecule has 2 N–H and O–H groups in total.